The van der Waals surface area contributed by atoms with Crippen molar-refractivity contribution in [2.75, 3.05) is 5.32 Å². The number of anilines is 1. The fourth-order valence-electron chi connectivity index (χ4n) is 1.47. The van der Waals surface area contributed by atoms with Crippen LogP contribution in [0.4, 0.5) is 14.7 Å². The molecule has 1 N–H and O–H groups in total. The van der Waals surface area contributed by atoms with Gasteiger partial charge in [0.15, 0.2) is 0 Å². The van der Waals surface area contributed by atoms with Crippen LogP contribution in [0.2, 0.25) is 0 Å². The Morgan fingerprint density at radius 1 is 1.20 bits per heavy atom. The first-order valence-electron chi connectivity index (χ1n) is 5.98. The molecule has 0 saturated heterocycles. The zero-order valence-electron chi connectivity index (χ0n) is 11.1. The van der Waals surface area contributed by atoms with E-state index >= 15 is 0 Å². The molecule has 0 amide bonds. The average molecular weight is 280 g/mol. The number of ether oxygens (including phenoxy) is 1. The lowest BCUT2D eigenvalue weighted by molar-refractivity contribution is -0.0500. The molecule has 0 bridgehead atoms. The molecule has 2 aromatic heterocycles. The Balaban J connectivity index is 1.95. The molecule has 0 saturated carbocycles. The van der Waals surface area contributed by atoms with Gasteiger partial charge in [0.25, 0.3) is 0 Å². The minimum Gasteiger partial charge on any atom is -0.433 e. The molecule has 0 aliphatic carbocycles. The fraction of sp³-hybridized carbons (Fsp3) is 0.308. The van der Waals surface area contributed by atoms with E-state index in [2.05, 4.69) is 25.0 Å². The molecule has 0 spiro atoms. The molecule has 2 rings (SSSR count). The van der Waals surface area contributed by atoms with Crippen LogP contribution in [0.15, 0.2) is 24.5 Å². The topological polar surface area (TPSA) is 59.9 Å². The molecule has 2 heterocycles. The van der Waals surface area contributed by atoms with Crippen molar-refractivity contribution in [2.45, 2.75) is 27.0 Å². The lowest BCUT2D eigenvalue weighted by atomic mass is 10.3. The lowest BCUT2D eigenvalue weighted by Gasteiger charge is -2.07. The Bertz CT molecular complexity index is 575. The van der Waals surface area contributed by atoms with E-state index in [0.29, 0.717) is 18.2 Å². The van der Waals surface area contributed by atoms with Crippen LogP contribution in [0.3, 0.4) is 0 Å². The van der Waals surface area contributed by atoms with Crippen molar-refractivity contribution in [3.8, 4) is 5.75 Å². The second-order valence-electron chi connectivity index (χ2n) is 4.18. The van der Waals surface area contributed by atoms with Gasteiger partial charge in [-0.2, -0.15) is 8.78 Å². The van der Waals surface area contributed by atoms with E-state index in [0.717, 1.165) is 11.3 Å². The van der Waals surface area contributed by atoms with Gasteiger partial charge in [-0.05, 0) is 31.5 Å². The predicted octanol–water partition coefficient (Wildman–Crippen LogP) is 2.70. The summed E-state index contributed by atoms with van der Waals surface area (Å²) in [5.41, 5.74) is 2.59. The van der Waals surface area contributed by atoms with Crippen LogP contribution < -0.4 is 10.1 Å². The Morgan fingerprint density at radius 2 is 2.00 bits per heavy atom. The zero-order valence-corrected chi connectivity index (χ0v) is 11.1. The summed E-state index contributed by atoms with van der Waals surface area (Å²) in [5.74, 6) is 0.536. The average Bonchev–Trinajstić information content (AvgIpc) is 2.41. The summed E-state index contributed by atoms with van der Waals surface area (Å²) in [7, 11) is 0. The summed E-state index contributed by atoms with van der Waals surface area (Å²) in [5, 5.41) is 3.02. The first-order chi connectivity index (χ1) is 9.54. The van der Waals surface area contributed by atoms with Gasteiger partial charge in [0.1, 0.15) is 5.75 Å². The van der Waals surface area contributed by atoms with Crippen molar-refractivity contribution in [3.63, 3.8) is 0 Å². The minimum absolute atomic E-state index is 0.0335. The fourth-order valence-corrected chi connectivity index (χ4v) is 1.47. The van der Waals surface area contributed by atoms with Gasteiger partial charge in [-0.1, -0.05) is 0 Å². The first-order valence-corrected chi connectivity index (χ1v) is 5.98. The van der Waals surface area contributed by atoms with Crippen molar-refractivity contribution in [3.05, 3.63) is 41.5 Å². The van der Waals surface area contributed by atoms with Crippen LogP contribution in [0.5, 0.6) is 5.75 Å². The second-order valence-corrected chi connectivity index (χ2v) is 4.18. The maximum absolute atomic E-state index is 12.0. The van der Waals surface area contributed by atoms with E-state index in [-0.39, 0.29) is 5.75 Å². The number of hydrogen-bond acceptors (Lipinski definition) is 5. The Labute approximate surface area is 115 Å². The number of aromatic nitrogens is 3. The third-order valence-corrected chi connectivity index (χ3v) is 2.68. The van der Waals surface area contributed by atoms with Crippen molar-refractivity contribution < 1.29 is 13.5 Å². The van der Waals surface area contributed by atoms with Gasteiger partial charge < -0.3 is 10.1 Å². The third-order valence-electron chi connectivity index (χ3n) is 2.68. The summed E-state index contributed by atoms with van der Waals surface area (Å²) in [4.78, 5) is 12.4. The van der Waals surface area contributed by atoms with E-state index in [4.69, 9.17) is 0 Å². The Morgan fingerprint density at radius 3 is 2.60 bits per heavy atom. The number of halogens is 2. The van der Waals surface area contributed by atoms with Gasteiger partial charge in [0, 0.05) is 11.9 Å². The molecule has 2 aromatic rings. The highest BCUT2D eigenvalue weighted by Gasteiger charge is 2.05. The van der Waals surface area contributed by atoms with Crippen molar-refractivity contribution >= 4 is 5.95 Å². The van der Waals surface area contributed by atoms with Gasteiger partial charge in [0.05, 0.1) is 18.4 Å². The molecule has 0 radical (unpaired) electrons. The predicted molar refractivity (Wildman–Crippen MR) is 69.7 cm³/mol. The van der Waals surface area contributed by atoms with Crippen LogP contribution in [0, 0.1) is 13.8 Å². The summed E-state index contributed by atoms with van der Waals surface area (Å²) in [6.45, 7) is 1.39. The summed E-state index contributed by atoms with van der Waals surface area (Å²) in [6.07, 6.45) is 2.99. The Kier molecular flexibility index (Phi) is 4.39. The van der Waals surface area contributed by atoms with Crippen molar-refractivity contribution in [1.82, 2.24) is 15.0 Å². The standard InChI is InChI=1S/C13H14F2N4O/c1-8-5-17-13(19-9(8)2)18-6-10-3-4-11(7-16-10)20-12(14)15/h3-5,7,12H,6H2,1-2H3,(H,17,18,19). The highest BCUT2D eigenvalue weighted by Crippen LogP contribution is 2.13. The molecule has 0 atom stereocenters. The van der Waals surface area contributed by atoms with Crippen LogP contribution in [-0.2, 0) is 6.54 Å². The van der Waals surface area contributed by atoms with E-state index in [1.54, 1.807) is 12.3 Å². The van der Waals surface area contributed by atoms with Gasteiger partial charge in [-0.25, -0.2) is 9.97 Å². The van der Waals surface area contributed by atoms with Crippen LogP contribution in [-0.4, -0.2) is 21.6 Å². The maximum Gasteiger partial charge on any atom is 0.387 e. The quantitative estimate of drug-likeness (QED) is 0.912. The first kappa shape index (κ1) is 14.1. The van der Waals surface area contributed by atoms with Crippen LogP contribution in [0.1, 0.15) is 17.0 Å². The molecule has 0 unspecified atom stereocenters. The molecule has 0 aliphatic rings. The minimum atomic E-state index is -2.84. The normalized spacial score (nSPS) is 10.7. The SMILES string of the molecule is Cc1cnc(NCc2ccc(OC(F)F)cn2)nc1C. The van der Waals surface area contributed by atoms with Crippen LogP contribution >= 0.6 is 0 Å². The number of pyridine rings is 1. The maximum atomic E-state index is 12.0. The van der Waals surface area contributed by atoms with Gasteiger partial charge >= 0.3 is 6.61 Å². The molecule has 0 aliphatic heterocycles. The molecular weight excluding hydrogens is 266 g/mol. The smallest absolute Gasteiger partial charge is 0.387 e. The van der Waals surface area contributed by atoms with Gasteiger partial charge in [0.2, 0.25) is 5.95 Å². The highest BCUT2D eigenvalue weighted by atomic mass is 19.3. The molecule has 0 aromatic carbocycles. The molecule has 7 heteroatoms. The molecule has 106 valence electrons. The number of aryl methyl sites for hydroxylation is 2. The number of rotatable bonds is 5. The van der Waals surface area contributed by atoms with E-state index in [1.165, 1.54) is 12.3 Å². The summed E-state index contributed by atoms with van der Waals surface area (Å²) < 4.78 is 28.2. The molecule has 0 fully saturated rings. The van der Waals surface area contributed by atoms with E-state index < -0.39 is 6.61 Å². The summed E-state index contributed by atoms with van der Waals surface area (Å²) in [6, 6.07) is 3.04. The monoisotopic (exact) mass is 280 g/mol. The molecule has 20 heavy (non-hydrogen) atoms. The van der Waals surface area contributed by atoms with Gasteiger partial charge in [-0.3, -0.25) is 4.98 Å². The lowest BCUT2D eigenvalue weighted by Crippen LogP contribution is -2.07. The molecule has 5 nitrogen and oxygen atoms in total. The highest BCUT2D eigenvalue weighted by molar-refractivity contribution is 5.30. The number of hydrogen-bond donors (Lipinski definition) is 1. The number of nitrogens with one attached hydrogen (secondary N) is 1. The summed E-state index contributed by atoms with van der Waals surface area (Å²) >= 11 is 0. The van der Waals surface area contributed by atoms with Crippen LogP contribution in [0.25, 0.3) is 0 Å². The van der Waals surface area contributed by atoms with Crippen molar-refractivity contribution in [2.24, 2.45) is 0 Å². The van der Waals surface area contributed by atoms with Crippen molar-refractivity contribution in [1.29, 1.82) is 0 Å². The van der Waals surface area contributed by atoms with Gasteiger partial charge in [-0.15, -0.1) is 0 Å². The zero-order chi connectivity index (χ0) is 14.5. The number of nitrogens with zero attached hydrogens (tertiary/aromatic N) is 3. The van der Waals surface area contributed by atoms with E-state index in [9.17, 15) is 8.78 Å². The Hall–Kier alpha value is -2.31. The molecular formula is C13H14F2N4O. The number of alkyl halides is 2. The third kappa shape index (κ3) is 3.84. The van der Waals surface area contributed by atoms with E-state index in [1.807, 2.05) is 13.8 Å². The second kappa shape index (κ2) is 6.23. The largest absolute Gasteiger partial charge is 0.433 e.